The van der Waals surface area contributed by atoms with Crippen molar-refractivity contribution in [3.8, 4) is 22.4 Å². The van der Waals surface area contributed by atoms with E-state index in [2.05, 4.69) is 10.1 Å². The normalized spacial score (nSPS) is 12.3. The summed E-state index contributed by atoms with van der Waals surface area (Å²) < 4.78 is 62.6. The van der Waals surface area contributed by atoms with Crippen LogP contribution in [0.5, 0.6) is 0 Å². The monoisotopic (exact) mass is 426 g/mol. The third-order valence-electron chi connectivity index (χ3n) is 4.08. The molecule has 0 aliphatic heterocycles. The molecule has 0 saturated heterocycles. The fourth-order valence-corrected chi connectivity index (χ4v) is 3.16. The molecule has 0 atom stereocenters. The summed E-state index contributed by atoms with van der Waals surface area (Å²) in [7, 11) is -5.40. The van der Waals surface area contributed by atoms with Crippen molar-refractivity contribution >= 4 is 10.0 Å². The quantitative estimate of drug-likeness (QED) is 0.605. The van der Waals surface area contributed by atoms with E-state index >= 15 is 0 Å². The zero-order chi connectivity index (χ0) is 21.1. The Hall–Kier alpha value is -2.76. The first-order valence-corrected chi connectivity index (χ1v) is 9.93. The smallest absolute Gasteiger partial charge is 0.394 e. The van der Waals surface area contributed by atoms with Gasteiger partial charge in [-0.2, -0.15) is 18.3 Å². The van der Waals surface area contributed by atoms with Crippen LogP contribution < -0.4 is 4.72 Å². The van der Waals surface area contributed by atoms with Gasteiger partial charge in [0.25, 0.3) is 0 Å². The first-order chi connectivity index (χ1) is 13.7. The van der Waals surface area contributed by atoms with Crippen molar-refractivity contribution in [2.75, 3.05) is 6.61 Å². The third kappa shape index (κ3) is 4.81. The molecular formula is C18H17F3N4O3S. The number of aliphatic hydroxyl groups excluding tert-OH is 1. The van der Waals surface area contributed by atoms with Gasteiger partial charge in [0.2, 0.25) is 0 Å². The molecule has 3 aromatic rings. The minimum atomic E-state index is -5.40. The largest absolute Gasteiger partial charge is 0.511 e. The number of hydrogen-bond donors (Lipinski definition) is 2. The van der Waals surface area contributed by atoms with Crippen LogP contribution >= 0.6 is 0 Å². The number of sulfonamides is 1. The molecule has 7 nitrogen and oxygen atoms in total. The van der Waals surface area contributed by atoms with Crippen LogP contribution in [0.4, 0.5) is 13.2 Å². The predicted molar refractivity (Wildman–Crippen MR) is 99.8 cm³/mol. The van der Waals surface area contributed by atoms with E-state index in [0.29, 0.717) is 17.8 Å². The van der Waals surface area contributed by atoms with Crippen LogP contribution in [0.25, 0.3) is 22.4 Å². The molecule has 0 unspecified atom stereocenters. The second kappa shape index (κ2) is 8.31. The van der Waals surface area contributed by atoms with Crippen molar-refractivity contribution in [1.29, 1.82) is 0 Å². The number of alkyl halides is 3. The summed E-state index contributed by atoms with van der Waals surface area (Å²) in [5, 5.41) is 13.6. The van der Waals surface area contributed by atoms with Gasteiger partial charge in [0, 0.05) is 36.3 Å². The Morgan fingerprint density at radius 3 is 2.28 bits per heavy atom. The molecule has 2 heterocycles. The molecule has 2 N–H and O–H groups in total. The van der Waals surface area contributed by atoms with Crippen LogP contribution in [0.1, 0.15) is 5.56 Å². The molecule has 154 valence electrons. The fraction of sp³-hybridized carbons (Fsp3) is 0.222. The van der Waals surface area contributed by atoms with Gasteiger partial charge in [-0.1, -0.05) is 24.3 Å². The van der Waals surface area contributed by atoms with Gasteiger partial charge < -0.3 is 5.11 Å². The summed E-state index contributed by atoms with van der Waals surface area (Å²) in [6.07, 6.45) is 5.01. The predicted octanol–water partition coefficient (Wildman–Crippen LogP) is 2.54. The van der Waals surface area contributed by atoms with Gasteiger partial charge >= 0.3 is 15.5 Å². The number of aliphatic hydroxyl groups is 1. The van der Waals surface area contributed by atoms with E-state index in [1.165, 1.54) is 16.9 Å². The Morgan fingerprint density at radius 2 is 1.69 bits per heavy atom. The Morgan fingerprint density at radius 1 is 1.03 bits per heavy atom. The molecule has 0 aliphatic rings. The molecule has 0 amide bonds. The molecule has 2 aromatic heterocycles. The highest BCUT2D eigenvalue weighted by atomic mass is 32.2. The zero-order valence-corrected chi connectivity index (χ0v) is 15.8. The maximum absolute atomic E-state index is 12.4. The average molecular weight is 426 g/mol. The molecule has 29 heavy (non-hydrogen) atoms. The topological polar surface area (TPSA) is 97.1 Å². The number of aromatic nitrogens is 3. The molecule has 0 aliphatic carbocycles. The number of halogens is 3. The van der Waals surface area contributed by atoms with Crippen molar-refractivity contribution in [2.45, 2.75) is 18.6 Å². The average Bonchev–Trinajstić information content (AvgIpc) is 3.11. The highest BCUT2D eigenvalue weighted by Crippen LogP contribution is 2.31. The Bertz CT molecular complexity index is 1070. The van der Waals surface area contributed by atoms with Gasteiger partial charge in [-0.15, -0.1) is 0 Å². The Balaban J connectivity index is 1.86. The number of rotatable bonds is 7. The number of nitrogens with zero attached hydrogens (tertiary/aromatic N) is 3. The summed E-state index contributed by atoms with van der Waals surface area (Å²) in [6, 6.07) is 9.98. The van der Waals surface area contributed by atoms with Crippen molar-refractivity contribution in [2.24, 2.45) is 0 Å². The molecule has 11 heteroatoms. The van der Waals surface area contributed by atoms with Gasteiger partial charge in [0.05, 0.1) is 13.2 Å². The molecule has 1 aromatic carbocycles. The summed E-state index contributed by atoms with van der Waals surface area (Å²) >= 11 is 0. The first kappa shape index (κ1) is 21.0. The molecule has 0 radical (unpaired) electrons. The van der Waals surface area contributed by atoms with Crippen molar-refractivity contribution in [3.63, 3.8) is 0 Å². The lowest BCUT2D eigenvalue weighted by molar-refractivity contribution is -0.0448. The lowest BCUT2D eigenvalue weighted by Crippen LogP contribution is -2.35. The van der Waals surface area contributed by atoms with Crippen molar-refractivity contribution in [3.05, 3.63) is 60.6 Å². The van der Waals surface area contributed by atoms with Crippen LogP contribution in [-0.2, 0) is 23.1 Å². The number of hydrogen-bond acceptors (Lipinski definition) is 5. The summed E-state index contributed by atoms with van der Waals surface area (Å²) in [5.74, 6) is 0. The highest BCUT2D eigenvalue weighted by Gasteiger charge is 2.45. The van der Waals surface area contributed by atoms with Crippen LogP contribution in [0.2, 0.25) is 0 Å². The Labute approximate surface area is 164 Å². The minimum Gasteiger partial charge on any atom is -0.394 e. The molecular weight excluding hydrogens is 409 g/mol. The number of pyridine rings is 1. The van der Waals surface area contributed by atoms with Crippen molar-refractivity contribution in [1.82, 2.24) is 19.5 Å². The van der Waals surface area contributed by atoms with E-state index in [1.807, 2.05) is 0 Å². The van der Waals surface area contributed by atoms with Crippen LogP contribution in [0, 0.1) is 0 Å². The van der Waals surface area contributed by atoms with E-state index in [1.54, 1.807) is 47.5 Å². The first-order valence-electron chi connectivity index (χ1n) is 8.45. The van der Waals surface area contributed by atoms with E-state index in [0.717, 1.165) is 16.7 Å². The van der Waals surface area contributed by atoms with Crippen LogP contribution in [0.15, 0.2) is 55.0 Å². The highest BCUT2D eigenvalue weighted by molar-refractivity contribution is 7.90. The van der Waals surface area contributed by atoms with Crippen LogP contribution in [0.3, 0.4) is 0 Å². The van der Waals surface area contributed by atoms with E-state index in [9.17, 15) is 26.7 Å². The van der Waals surface area contributed by atoms with Crippen molar-refractivity contribution < 1.29 is 26.7 Å². The van der Waals surface area contributed by atoms with Gasteiger partial charge in [-0.25, -0.2) is 13.1 Å². The lowest BCUT2D eigenvalue weighted by Gasteiger charge is -2.10. The van der Waals surface area contributed by atoms with Gasteiger partial charge in [-0.3, -0.25) is 9.67 Å². The maximum Gasteiger partial charge on any atom is 0.511 e. The van der Waals surface area contributed by atoms with Gasteiger partial charge in [0.15, 0.2) is 0 Å². The Kier molecular flexibility index (Phi) is 6.01. The molecule has 3 rings (SSSR count). The van der Waals surface area contributed by atoms with E-state index in [-0.39, 0.29) is 6.61 Å². The van der Waals surface area contributed by atoms with Gasteiger partial charge in [-0.05, 0) is 23.3 Å². The SMILES string of the molecule is O=S(=O)(NCc1ccc(-c2cn(CCO)nc2-c2ccncc2)cc1)C(F)(F)F. The van der Waals surface area contributed by atoms with Crippen LogP contribution in [-0.4, -0.2) is 40.4 Å². The number of benzene rings is 1. The fourth-order valence-electron chi connectivity index (χ4n) is 2.63. The molecule has 0 saturated carbocycles. The summed E-state index contributed by atoms with van der Waals surface area (Å²) in [4.78, 5) is 3.97. The van der Waals surface area contributed by atoms with E-state index in [4.69, 9.17) is 0 Å². The second-order valence-electron chi connectivity index (χ2n) is 6.08. The van der Waals surface area contributed by atoms with E-state index < -0.39 is 22.1 Å². The third-order valence-corrected chi connectivity index (χ3v) is 5.21. The molecule has 0 fully saturated rings. The minimum absolute atomic E-state index is 0.0881. The summed E-state index contributed by atoms with van der Waals surface area (Å²) in [6.45, 7) is -0.270. The summed E-state index contributed by atoms with van der Waals surface area (Å²) in [5.41, 5.74) is -2.02. The maximum atomic E-state index is 12.4. The number of nitrogens with one attached hydrogen (secondary N) is 1. The molecule has 0 spiro atoms. The molecule has 0 bridgehead atoms. The lowest BCUT2D eigenvalue weighted by atomic mass is 10.0. The zero-order valence-electron chi connectivity index (χ0n) is 15.0. The standard InChI is InChI=1S/C18H17F3N4O3S/c19-18(20,21)29(27,28)23-11-13-1-3-14(4-2-13)16-12-25(9-10-26)24-17(16)15-5-7-22-8-6-15/h1-8,12,23,26H,9-11H2. The van der Waals surface area contributed by atoms with Gasteiger partial charge in [0.1, 0.15) is 5.69 Å². The second-order valence-corrected chi connectivity index (χ2v) is 7.84.